The van der Waals surface area contributed by atoms with Crippen LogP contribution < -0.4 is 0 Å². The minimum Gasteiger partial charge on any atom is -0.393 e. The number of aliphatic hydroxyl groups is 1. The molecule has 1 aromatic carbocycles. The molecule has 0 aliphatic carbocycles. The minimum atomic E-state index is -0.369. The Hall–Kier alpha value is -1.36. The van der Waals surface area contributed by atoms with E-state index in [1.54, 1.807) is 0 Å². The number of rotatable bonds is 1. The van der Waals surface area contributed by atoms with Crippen LogP contribution in [0.25, 0.3) is 11.3 Å². The Bertz CT molecular complexity index is 655. The molecule has 0 bridgehead atoms. The van der Waals surface area contributed by atoms with Crippen molar-refractivity contribution in [3.05, 3.63) is 41.3 Å². The maximum Gasteiger partial charge on any atom is 0.0956 e. The lowest BCUT2D eigenvalue weighted by Crippen LogP contribution is -2.37. The third kappa shape index (κ3) is 1.65. The summed E-state index contributed by atoms with van der Waals surface area (Å²) in [6.45, 7) is 1.17. The van der Waals surface area contributed by atoms with Crippen molar-refractivity contribution in [1.82, 2.24) is 9.55 Å². The molecule has 0 saturated carbocycles. The molecule has 0 spiro atoms. The average Bonchev–Trinajstić information content (AvgIpc) is 3.01. The number of fused-ring (bicyclic) bond motifs is 3. The molecule has 1 aromatic heterocycles. The van der Waals surface area contributed by atoms with Crippen molar-refractivity contribution in [2.24, 2.45) is 5.92 Å². The van der Waals surface area contributed by atoms with Gasteiger partial charge in [0, 0.05) is 28.7 Å². The molecule has 20 heavy (non-hydrogen) atoms. The predicted molar refractivity (Wildman–Crippen MR) is 75.7 cm³/mol. The third-order valence-corrected chi connectivity index (χ3v) is 4.69. The summed E-state index contributed by atoms with van der Waals surface area (Å²) in [6, 6.07) is 5.93. The second kappa shape index (κ2) is 4.58. The van der Waals surface area contributed by atoms with E-state index in [-0.39, 0.29) is 18.1 Å². The predicted octanol–water partition coefficient (Wildman–Crippen LogP) is 2.50. The number of halogens is 1. The molecule has 4 nitrogen and oxygen atoms in total. The van der Waals surface area contributed by atoms with Crippen LogP contribution in [0.1, 0.15) is 18.0 Å². The second-order valence-corrected chi connectivity index (χ2v) is 5.83. The number of aliphatic hydroxyl groups excluding tert-OH is 1. The average molecular weight is 291 g/mol. The lowest BCUT2D eigenvalue weighted by molar-refractivity contribution is -0.0481. The summed E-state index contributed by atoms with van der Waals surface area (Å²) in [5.74, 6) is 0.0119. The van der Waals surface area contributed by atoms with Gasteiger partial charge in [-0.05, 0) is 12.5 Å². The first-order valence-corrected chi connectivity index (χ1v) is 7.21. The van der Waals surface area contributed by atoms with E-state index in [0.717, 1.165) is 21.8 Å². The molecular weight excluding hydrogens is 276 g/mol. The SMILES string of the molecule is O[C@@H]1CCOCC1C1c2c(Cl)cccc2-c2cncn21. The van der Waals surface area contributed by atoms with Gasteiger partial charge in [-0.25, -0.2) is 4.98 Å². The highest BCUT2D eigenvalue weighted by Crippen LogP contribution is 2.47. The summed E-state index contributed by atoms with van der Waals surface area (Å²) in [5, 5.41) is 11.1. The molecule has 1 saturated heterocycles. The first-order valence-electron chi connectivity index (χ1n) is 6.84. The van der Waals surface area contributed by atoms with Crippen molar-refractivity contribution < 1.29 is 9.84 Å². The van der Waals surface area contributed by atoms with E-state index < -0.39 is 0 Å². The van der Waals surface area contributed by atoms with Crippen LogP contribution in [0.15, 0.2) is 30.7 Å². The van der Waals surface area contributed by atoms with Gasteiger partial charge in [-0.3, -0.25) is 0 Å². The smallest absolute Gasteiger partial charge is 0.0956 e. The zero-order valence-electron chi connectivity index (χ0n) is 10.9. The lowest BCUT2D eigenvalue weighted by Gasteiger charge is -2.33. The molecule has 3 heterocycles. The van der Waals surface area contributed by atoms with Gasteiger partial charge in [-0.1, -0.05) is 23.7 Å². The Balaban J connectivity index is 1.88. The van der Waals surface area contributed by atoms with E-state index in [2.05, 4.69) is 15.6 Å². The van der Waals surface area contributed by atoms with Gasteiger partial charge in [-0.15, -0.1) is 0 Å². The van der Waals surface area contributed by atoms with Crippen LogP contribution in [-0.4, -0.2) is 34.0 Å². The lowest BCUT2D eigenvalue weighted by atomic mass is 9.86. The van der Waals surface area contributed by atoms with Crippen LogP contribution in [0.5, 0.6) is 0 Å². The Morgan fingerprint density at radius 1 is 1.40 bits per heavy atom. The van der Waals surface area contributed by atoms with Gasteiger partial charge in [0.15, 0.2) is 0 Å². The van der Waals surface area contributed by atoms with Crippen LogP contribution in [0.4, 0.5) is 0 Å². The van der Waals surface area contributed by atoms with Gasteiger partial charge in [0.1, 0.15) is 0 Å². The first-order chi connectivity index (χ1) is 9.77. The standard InChI is InChI=1S/C15H15ClN2O2/c16-11-3-1-2-9-12-6-17-8-18(12)15(14(9)11)10-7-20-5-4-13(10)19/h1-3,6,8,10,13,15,19H,4-5,7H2/t10?,13-,15?/m1/s1. The van der Waals surface area contributed by atoms with Gasteiger partial charge in [0.05, 0.1) is 37.0 Å². The van der Waals surface area contributed by atoms with Gasteiger partial charge >= 0.3 is 0 Å². The van der Waals surface area contributed by atoms with E-state index in [4.69, 9.17) is 16.3 Å². The topological polar surface area (TPSA) is 47.3 Å². The van der Waals surface area contributed by atoms with Crippen molar-refractivity contribution in [2.45, 2.75) is 18.6 Å². The Morgan fingerprint density at radius 3 is 3.15 bits per heavy atom. The monoisotopic (exact) mass is 290 g/mol. The molecule has 0 radical (unpaired) electrons. The molecule has 2 aliphatic rings. The third-order valence-electron chi connectivity index (χ3n) is 4.36. The highest BCUT2D eigenvalue weighted by atomic mass is 35.5. The minimum absolute atomic E-state index is 0.00602. The maximum absolute atomic E-state index is 10.4. The van der Waals surface area contributed by atoms with Gasteiger partial charge < -0.3 is 14.4 Å². The van der Waals surface area contributed by atoms with E-state index in [9.17, 15) is 5.11 Å². The summed E-state index contributed by atoms with van der Waals surface area (Å²) in [5.41, 5.74) is 3.25. The largest absolute Gasteiger partial charge is 0.393 e. The van der Waals surface area contributed by atoms with Crippen molar-refractivity contribution in [3.8, 4) is 11.3 Å². The Kier molecular flexibility index (Phi) is 2.84. The van der Waals surface area contributed by atoms with Crippen molar-refractivity contribution >= 4 is 11.6 Å². The fraction of sp³-hybridized carbons (Fsp3) is 0.400. The molecule has 2 aromatic rings. The summed E-state index contributed by atoms with van der Waals surface area (Å²) < 4.78 is 7.68. The van der Waals surface area contributed by atoms with E-state index >= 15 is 0 Å². The molecular formula is C15H15ClN2O2. The van der Waals surface area contributed by atoms with Crippen molar-refractivity contribution in [3.63, 3.8) is 0 Å². The number of hydrogen-bond acceptors (Lipinski definition) is 3. The highest BCUT2D eigenvalue weighted by Gasteiger charge is 2.40. The Morgan fingerprint density at radius 2 is 2.30 bits per heavy atom. The number of nitrogens with zero attached hydrogens (tertiary/aromatic N) is 2. The van der Waals surface area contributed by atoms with Gasteiger partial charge in [-0.2, -0.15) is 0 Å². The van der Waals surface area contributed by atoms with Crippen LogP contribution >= 0.6 is 11.6 Å². The number of ether oxygens (including phenoxy) is 1. The molecule has 1 N–H and O–H groups in total. The molecule has 2 aliphatic heterocycles. The highest BCUT2D eigenvalue weighted by molar-refractivity contribution is 6.32. The van der Waals surface area contributed by atoms with Crippen LogP contribution in [0.2, 0.25) is 5.02 Å². The molecule has 2 unspecified atom stereocenters. The normalized spacial score (nSPS) is 28.2. The number of aromatic nitrogens is 2. The quantitative estimate of drug-likeness (QED) is 0.878. The molecule has 4 rings (SSSR count). The number of benzene rings is 1. The van der Waals surface area contributed by atoms with Crippen molar-refractivity contribution in [2.75, 3.05) is 13.2 Å². The maximum atomic E-state index is 10.4. The van der Waals surface area contributed by atoms with Crippen LogP contribution in [-0.2, 0) is 4.74 Å². The fourth-order valence-corrected chi connectivity index (χ4v) is 3.69. The zero-order chi connectivity index (χ0) is 13.7. The molecule has 1 fully saturated rings. The number of hydrogen-bond donors (Lipinski definition) is 1. The van der Waals surface area contributed by atoms with Gasteiger partial charge in [0.2, 0.25) is 0 Å². The summed E-state index contributed by atoms with van der Waals surface area (Å²) in [7, 11) is 0. The number of imidazole rings is 1. The first kappa shape index (κ1) is 12.4. The molecule has 0 amide bonds. The molecule has 104 valence electrons. The summed E-state index contributed by atoms with van der Waals surface area (Å²) in [6.07, 6.45) is 3.97. The fourth-order valence-electron chi connectivity index (χ4n) is 3.41. The van der Waals surface area contributed by atoms with E-state index in [1.165, 1.54) is 0 Å². The van der Waals surface area contributed by atoms with E-state index in [1.807, 2.05) is 24.7 Å². The van der Waals surface area contributed by atoms with Crippen LogP contribution in [0, 0.1) is 5.92 Å². The van der Waals surface area contributed by atoms with Crippen molar-refractivity contribution in [1.29, 1.82) is 0 Å². The second-order valence-electron chi connectivity index (χ2n) is 5.43. The zero-order valence-corrected chi connectivity index (χ0v) is 11.6. The molecule has 5 heteroatoms. The Labute approximate surface area is 122 Å². The summed E-state index contributed by atoms with van der Waals surface area (Å²) >= 11 is 6.42. The van der Waals surface area contributed by atoms with E-state index in [0.29, 0.717) is 19.6 Å². The summed E-state index contributed by atoms with van der Waals surface area (Å²) in [4.78, 5) is 4.24. The van der Waals surface area contributed by atoms with Crippen LogP contribution in [0.3, 0.4) is 0 Å². The van der Waals surface area contributed by atoms with Gasteiger partial charge in [0.25, 0.3) is 0 Å². The molecule has 3 atom stereocenters.